The molecule has 32 heavy (non-hydrogen) atoms. The number of nitrogens with zero attached hydrogens (tertiary/aromatic N) is 2. The number of Topliss-reactive ketones (excluding diaryl/α,β-unsaturated/α-hetero) is 1. The zero-order chi connectivity index (χ0) is 22.7. The molecule has 2 heterocycles. The molecule has 1 saturated heterocycles. The highest BCUT2D eigenvalue weighted by atomic mass is 16.5. The molecule has 0 aliphatic carbocycles. The van der Waals surface area contributed by atoms with Crippen molar-refractivity contribution in [3.05, 3.63) is 89.8 Å². The van der Waals surface area contributed by atoms with E-state index in [1.165, 1.54) is 4.90 Å². The van der Waals surface area contributed by atoms with E-state index < -0.39 is 17.7 Å². The molecule has 1 fully saturated rings. The Morgan fingerprint density at radius 1 is 1.00 bits per heavy atom. The molecule has 1 N–H and O–H groups in total. The van der Waals surface area contributed by atoms with Gasteiger partial charge in [0.2, 0.25) is 0 Å². The number of hydrogen-bond acceptors (Lipinski definition) is 6. The molecule has 1 atom stereocenters. The summed E-state index contributed by atoms with van der Waals surface area (Å²) in [5.41, 5.74) is 1.35. The first-order valence-corrected chi connectivity index (χ1v) is 10.1. The third-order valence-electron chi connectivity index (χ3n) is 5.20. The number of benzene rings is 2. The lowest BCUT2D eigenvalue weighted by molar-refractivity contribution is -0.132. The summed E-state index contributed by atoms with van der Waals surface area (Å²) in [5.74, 6) is -0.516. The lowest BCUT2D eigenvalue weighted by Gasteiger charge is -2.24. The number of amides is 1. The molecule has 0 bridgehead atoms. The van der Waals surface area contributed by atoms with Crippen LogP contribution in [-0.4, -0.2) is 35.5 Å². The fourth-order valence-electron chi connectivity index (χ4n) is 3.69. The number of carbonyl (C=O) groups is 2. The van der Waals surface area contributed by atoms with Gasteiger partial charge in [-0.15, -0.1) is 0 Å². The van der Waals surface area contributed by atoms with Gasteiger partial charge in [0.15, 0.2) is 0 Å². The molecule has 0 spiro atoms. The number of methoxy groups -OCH3 is 1. The Morgan fingerprint density at radius 2 is 1.69 bits per heavy atom. The highest BCUT2D eigenvalue weighted by molar-refractivity contribution is 6.51. The number of ketones is 1. The number of rotatable bonds is 6. The van der Waals surface area contributed by atoms with Crippen molar-refractivity contribution in [2.75, 3.05) is 18.6 Å². The van der Waals surface area contributed by atoms with E-state index in [9.17, 15) is 14.7 Å². The van der Waals surface area contributed by atoms with Crippen LogP contribution in [0.1, 0.15) is 24.2 Å². The van der Waals surface area contributed by atoms with Crippen molar-refractivity contribution in [2.24, 2.45) is 0 Å². The molecule has 0 radical (unpaired) electrons. The summed E-state index contributed by atoms with van der Waals surface area (Å²) in [4.78, 5) is 31.9. The van der Waals surface area contributed by atoms with Gasteiger partial charge >= 0.3 is 0 Å². The number of pyridine rings is 1. The molecule has 3 aromatic rings. The topological polar surface area (TPSA) is 89.0 Å². The molecular weight excluding hydrogens is 408 g/mol. The number of carbonyl (C=O) groups excluding carboxylic acids is 2. The average molecular weight is 430 g/mol. The third kappa shape index (κ3) is 3.80. The highest BCUT2D eigenvalue weighted by Crippen LogP contribution is 2.41. The molecule has 1 unspecified atom stereocenters. The van der Waals surface area contributed by atoms with Gasteiger partial charge in [0.05, 0.1) is 25.0 Å². The van der Waals surface area contributed by atoms with Crippen LogP contribution in [0.4, 0.5) is 5.69 Å². The minimum absolute atomic E-state index is 0.0197. The van der Waals surface area contributed by atoms with Crippen LogP contribution in [-0.2, 0) is 9.59 Å². The van der Waals surface area contributed by atoms with Crippen LogP contribution in [0.2, 0.25) is 0 Å². The van der Waals surface area contributed by atoms with E-state index in [-0.39, 0.29) is 11.3 Å². The lowest BCUT2D eigenvalue weighted by atomic mass is 9.98. The van der Waals surface area contributed by atoms with Crippen molar-refractivity contribution >= 4 is 23.1 Å². The van der Waals surface area contributed by atoms with Crippen LogP contribution >= 0.6 is 0 Å². The smallest absolute Gasteiger partial charge is 0.300 e. The van der Waals surface area contributed by atoms with Gasteiger partial charge < -0.3 is 14.6 Å². The van der Waals surface area contributed by atoms with Crippen molar-refractivity contribution in [3.63, 3.8) is 0 Å². The van der Waals surface area contributed by atoms with Crippen molar-refractivity contribution in [3.8, 4) is 11.5 Å². The van der Waals surface area contributed by atoms with Crippen LogP contribution in [0.5, 0.6) is 11.5 Å². The maximum absolute atomic E-state index is 13.1. The van der Waals surface area contributed by atoms with Crippen molar-refractivity contribution < 1.29 is 24.2 Å². The van der Waals surface area contributed by atoms with Gasteiger partial charge in [0.25, 0.3) is 11.7 Å². The molecule has 4 rings (SSSR count). The van der Waals surface area contributed by atoms with E-state index in [1.54, 1.807) is 80.0 Å². The average Bonchev–Trinajstić information content (AvgIpc) is 3.10. The fourth-order valence-corrected chi connectivity index (χ4v) is 3.69. The number of ether oxygens (including phenoxy) is 2. The van der Waals surface area contributed by atoms with E-state index in [1.807, 2.05) is 6.92 Å². The lowest BCUT2D eigenvalue weighted by Crippen LogP contribution is -2.29. The number of aliphatic hydroxyl groups is 1. The largest absolute Gasteiger partial charge is 0.507 e. The second-order valence-corrected chi connectivity index (χ2v) is 7.08. The Kier molecular flexibility index (Phi) is 5.89. The monoisotopic (exact) mass is 430 g/mol. The summed E-state index contributed by atoms with van der Waals surface area (Å²) in [6.45, 7) is 2.39. The van der Waals surface area contributed by atoms with Gasteiger partial charge in [-0.25, -0.2) is 0 Å². The van der Waals surface area contributed by atoms with E-state index in [2.05, 4.69) is 4.98 Å². The normalized spacial score (nSPS) is 17.4. The summed E-state index contributed by atoms with van der Waals surface area (Å²) in [6, 6.07) is 17.9. The van der Waals surface area contributed by atoms with Gasteiger partial charge in [0, 0.05) is 17.4 Å². The summed E-state index contributed by atoms with van der Waals surface area (Å²) >= 11 is 0. The van der Waals surface area contributed by atoms with Crippen LogP contribution in [0.3, 0.4) is 0 Å². The van der Waals surface area contributed by atoms with Crippen LogP contribution < -0.4 is 14.4 Å². The van der Waals surface area contributed by atoms with Gasteiger partial charge in [-0.2, -0.15) is 0 Å². The molecule has 0 saturated carbocycles. The predicted octanol–water partition coefficient (Wildman–Crippen LogP) is 4.12. The Balaban J connectivity index is 1.85. The van der Waals surface area contributed by atoms with E-state index >= 15 is 0 Å². The molecule has 1 aliphatic rings. The van der Waals surface area contributed by atoms with Crippen molar-refractivity contribution in [1.82, 2.24) is 4.98 Å². The second-order valence-electron chi connectivity index (χ2n) is 7.08. The zero-order valence-corrected chi connectivity index (χ0v) is 17.7. The summed E-state index contributed by atoms with van der Waals surface area (Å²) in [5, 5.41) is 11.1. The summed E-state index contributed by atoms with van der Waals surface area (Å²) < 4.78 is 10.6. The maximum atomic E-state index is 13.1. The molecule has 162 valence electrons. The summed E-state index contributed by atoms with van der Waals surface area (Å²) in [6.07, 6.45) is 1.58. The first kappa shape index (κ1) is 21.1. The van der Waals surface area contributed by atoms with Crippen molar-refractivity contribution in [1.29, 1.82) is 0 Å². The van der Waals surface area contributed by atoms with Crippen LogP contribution in [0, 0.1) is 0 Å². The molecule has 1 amide bonds. The van der Waals surface area contributed by atoms with Crippen LogP contribution in [0.15, 0.2) is 78.5 Å². The molecular formula is C25H22N2O5. The number of aliphatic hydroxyl groups excluding tert-OH is 1. The Bertz CT molecular complexity index is 1160. The van der Waals surface area contributed by atoms with Gasteiger partial charge in [-0.1, -0.05) is 6.07 Å². The highest BCUT2D eigenvalue weighted by Gasteiger charge is 2.47. The Morgan fingerprint density at radius 3 is 2.28 bits per heavy atom. The minimum atomic E-state index is -0.879. The first-order valence-electron chi connectivity index (χ1n) is 10.1. The van der Waals surface area contributed by atoms with Crippen LogP contribution in [0.25, 0.3) is 5.76 Å². The minimum Gasteiger partial charge on any atom is -0.507 e. The Hall–Kier alpha value is -4.13. The zero-order valence-electron chi connectivity index (χ0n) is 17.7. The SMILES string of the molecule is CCOc1ccc(/C(O)=C2/C(=O)C(=O)N(c3ccc(OC)cc3)C2c2ccccn2)cc1. The number of anilines is 1. The number of aromatic nitrogens is 1. The van der Waals surface area contributed by atoms with Gasteiger partial charge in [-0.05, 0) is 67.6 Å². The van der Waals surface area contributed by atoms with Gasteiger partial charge in [-0.3, -0.25) is 19.5 Å². The third-order valence-corrected chi connectivity index (χ3v) is 5.20. The number of hydrogen-bond donors (Lipinski definition) is 1. The van der Waals surface area contributed by atoms with E-state index in [4.69, 9.17) is 9.47 Å². The maximum Gasteiger partial charge on any atom is 0.300 e. The molecule has 7 heteroatoms. The van der Waals surface area contributed by atoms with E-state index in [0.717, 1.165) is 0 Å². The van der Waals surface area contributed by atoms with E-state index in [0.29, 0.717) is 35.1 Å². The molecule has 1 aliphatic heterocycles. The standard InChI is InChI=1S/C25H22N2O5/c1-3-32-19-11-7-16(8-12-19)23(28)21-22(20-6-4-5-15-26-20)27(25(30)24(21)29)17-9-13-18(31-2)14-10-17/h4-15,22,28H,3H2,1-2H3/b23-21-. The first-order chi connectivity index (χ1) is 15.5. The molecule has 1 aromatic heterocycles. The quantitative estimate of drug-likeness (QED) is 0.360. The molecule has 7 nitrogen and oxygen atoms in total. The molecule has 2 aromatic carbocycles. The van der Waals surface area contributed by atoms with Gasteiger partial charge in [0.1, 0.15) is 23.3 Å². The Labute approximate surface area is 185 Å². The predicted molar refractivity (Wildman–Crippen MR) is 120 cm³/mol. The van der Waals surface area contributed by atoms with Crippen molar-refractivity contribution in [2.45, 2.75) is 13.0 Å². The second kappa shape index (κ2) is 8.93. The summed E-state index contributed by atoms with van der Waals surface area (Å²) in [7, 11) is 1.55. The fraction of sp³-hybridized carbons (Fsp3) is 0.160.